The Bertz CT molecular complexity index is 513. The lowest BCUT2D eigenvalue weighted by molar-refractivity contribution is 0.831. The zero-order valence-corrected chi connectivity index (χ0v) is 10.4. The summed E-state index contributed by atoms with van der Waals surface area (Å²) < 4.78 is 0. The van der Waals surface area contributed by atoms with E-state index in [1.54, 1.807) is 19.3 Å². The third-order valence-corrected chi connectivity index (χ3v) is 2.50. The molecule has 2 aromatic heterocycles. The van der Waals surface area contributed by atoms with Gasteiger partial charge >= 0.3 is 0 Å². The first-order valence-corrected chi connectivity index (χ1v) is 5.69. The SMILES string of the molecule is CNc1cc(NC(C)c2ccccn2)nc(N)n1. The molecule has 0 amide bonds. The van der Waals surface area contributed by atoms with Crippen LogP contribution in [0, 0.1) is 0 Å². The van der Waals surface area contributed by atoms with Crippen LogP contribution in [-0.4, -0.2) is 22.0 Å². The van der Waals surface area contributed by atoms with Crippen LogP contribution >= 0.6 is 0 Å². The molecule has 0 aliphatic carbocycles. The van der Waals surface area contributed by atoms with Crippen molar-refractivity contribution in [2.45, 2.75) is 13.0 Å². The van der Waals surface area contributed by atoms with Gasteiger partial charge in [-0.1, -0.05) is 6.07 Å². The summed E-state index contributed by atoms with van der Waals surface area (Å²) in [6.07, 6.45) is 1.76. The third kappa shape index (κ3) is 2.85. The number of hydrogen-bond donors (Lipinski definition) is 3. The zero-order chi connectivity index (χ0) is 13.0. The van der Waals surface area contributed by atoms with Gasteiger partial charge in [0.15, 0.2) is 0 Å². The molecule has 4 N–H and O–H groups in total. The predicted molar refractivity (Wildman–Crippen MR) is 72.3 cm³/mol. The van der Waals surface area contributed by atoms with E-state index in [4.69, 9.17) is 5.73 Å². The van der Waals surface area contributed by atoms with Gasteiger partial charge in [0.05, 0.1) is 11.7 Å². The molecule has 18 heavy (non-hydrogen) atoms. The number of anilines is 3. The lowest BCUT2D eigenvalue weighted by atomic mass is 10.2. The first-order chi connectivity index (χ1) is 8.69. The Hall–Kier alpha value is -2.37. The molecule has 94 valence electrons. The van der Waals surface area contributed by atoms with Crippen molar-refractivity contribution in [3.8, 4) is 0 Å². The number of nitrogens with zero attached hydrogens (tertiary/aromatic N) is 3. The molecule has 6 nitrogen and oxygen atoms in total. The number of nitrogen functional groups attached to an aromatic ring is 1. The van der Waals surface area contributed by atoms with E-state index in [0.717, 1.165) is 5.69 Å². The molecule has 2 rings (SSSR count). The van der Waals surface area contributed by atoms with E-state index in [-0.39, 0.29) is 12.0 Å². The Morgan fingerprint density at radius 3 is 2.67 bits per heavy atom. The van der Waals surface area contributed by atoms with Crippen molar-refractivity contribution >= 4 is 17.6 Å². The Morgan fingerprint density at radius 1 is 1.22 bits per heavy atom. The van der Waals surface area contributed by atoms with Crippen molar-refractivity contribution in [3.05, 3.63) is 36.2 Å². The van der Waals surface area contributed by atoms with Gasteiger partial charge in [0.25, 0.3) is 0 Å². The summed E-state index contributed by atoms with van der Waals surface area (Å²) in [7, 11) is 1.79. The van der Waals surface area contributed by atoms with E-state index >= 15 is 0 Å². The minimum Gasteiger partial charge on any atom is -0.373 e. The monoisotopic (exact) mass is 244 g/mol. The standard InChI is InChI=1S/C12H16N6/c1-8(9-5-3-4-6-15-9)16-11-7-10(14-2)17-12(13)18-11/h3-8H,1-2H3,(H4,13,14,16,17,18). The molecule has 6 heteroatoms. The molecule has 1 atom stereocenters. The van der Waals surface area contributed by atoms with Crippen LogP contribution in [0.5, 0.6) is 0 Å². The van der Waals surface area contributed by atoms with Gasteiger partial charge in [0.1, 0.15) is 11.6 Å². The second kappa shape index (κ2) is 5.31. The van der Waals surface area contributed by atoms with Crippen molar-refractivity contribution in [2.24, 2.45) is 0 Å². The van der Waals surface area contributed by atoms with Crippen LogP contribution in [-0.2, 0) is 0 Å². The maximum absolute atomic E-state index is 5.63. The summed E-state index contributed by atoms with van der Waals surface area (Å²) in [5, 5.41) is 6.17. The smallest absolute Gasteiger partial charge is 0.223 e. The molecule has 0 fully saturated rings. The molecule has 0 bridgehead atoms. The Morgan fingerprint density at radius 2 is 2.00 bits per heavy atom. The van der Waals surface area contributed by atoms with E-state index in [0.29, 0.717) is 11.6 Å². The van der Waals surface area contributed by atoms with Crippen LogP contribution in [0.3, 0.4) is 0 Å². The normalized spacial score (nSPS) is 11.9. The summed E-state index contributed by atoms with van der Waals surface area (Å²) in [5.41, 5.74) is 6.58. The van der Waals surface area contributed by atoms with Crippen molar-refractivity contribution in [2.75, 3.05) is 23.4 Å². The van der Waals surface area contributed by atoms with Gasteiger partial charge in [-0.05, 0) is 19.1 Å². The van der Waals surface area contributed by atoms with E-state index in [1.807, 2.05) is 25.1 Å². The highest BCUT2D eigenvalue weighted by atomic mass is 15.1. The van der Waals surface area contributed by atoms with Crippen LogP contribution in [0.1, 0.15) is 18.7 Å². The van der Waals surface area contributed by atoms with Gasteiger partial charge in [-0.15, -0.1) is 0 Å². The molecule has 2 heterocycles. The fourth-order valence-electron chi connectivity index (χ4n) is 1.60. The van der Waals surface area contributed by atoms with Gasteiger partial charge in [0, 0.05) is 19.3 Å². The molecular weight excluding hydrogens is 228 g/mol. The molecule has 0 saturated heterocycles. The number of nitrogens with two attached hydrogens (primary N) is 1. The Balaban J connectivity index is 2.16. The highest BCUT2D eigenvalue weighted by Crippen LogP contribution is 2.18. The zero-order valence-electron chi connectivity index (χ0n) is 10.4. The second-order valence-corrected chi connectivity index (χ2v) is 3.87. The van der Waals surface area contributed by atoms with E-state index < -0.39 is 0 Å². The third-order valence-electron chi connectivity index (χ3n) is 2.50. The molecule has 0 spiro atoms. The largest absolute Gasteiger partial charge is 0.373 e. The van der Waals surface area contributed by atoms with Crippen LogP contribution < -0.4 is 16.4 Å². The molecular formula is C12H16N6. The summed E-state index contributed by atoms with van der Waals surface area (Å²) in [5.74, 6) is 1.58. The topological polar surface area (TPSA) is 88.8 Å². The fourth-order valence-corrected chi connectivity index (χ4v) is 1.60. The van der Waals surface area contributed by atoms with E-state index in [2.05, 4.69) is 25.6 Å². The quantitative estimate of drug-likeness (QED) is 0.758. The van der Waals surface area contributed by atoms with Crippen LogP contribution in [0.15, 0.2) is 30.5 Å². The Kier molecular flexibility index (Phi) is 3.57. The van der Waals surface area contributed by atoms with Gasteiger partial charge in [-0.3, -0.25) is 4.98 Å². The first-order valence-electron chi connectivity index (χ1n) is 5.69. The van der Waals surface area contributed by atoms with Crippen LogP contribution in [0.4, 0.5) is 17.6 Å². The van der Waals surface area contributed by atoms with Crippen molar-refractivity contribution in [1.29, 1.82) is 0 Å². The first kappa shape index (κ1) is 12.1. The van der Waals surface area contributed by atoms with E-state index in [1.165, 1.54) is 0 Å². The average Bonchev–Trinajstić information content (AvgIpc) is 2.39. The highest BCUT2D eigenvalue weighted by molar-refractivity contribution is 5.51. The highest BCUT2D eigenvalue weighted by Gasteiger charge is 2.08. The van der Waals surface area contributed by atoms with Gasteiger partial charge in [0.2, 0.25) is 5.95 Å². The fraction of sp³-hybridized carbons (Fsp3) is 0.250. The minimum absolute atomic E-state index is 0.0465. The molecule has 0 saturated carbocycles. The summed E-state index contributed by atoms with van der Waals surface area (Å²) in [4.78, 5) is 12.5. The molecule has 0 aromatic carbocycles. The van der Waals surface area contributed by atoms with Crippen molar-refractivity contribution < 1.29 is 0 Å². The molecule has 0 aliphatic rings. The van der Waals surface area contributed by atoms with Crippen LogP contribution in [0.2, 0.25) is 0 Å². The number of rotatable bonds is 4. The summed E-state index contributed by atoms with van der Waals surface area (Å²) >= 11 is 0. The molecule has 0 radical (unpaired) electrons. The van der Waals surface area contributed by atoms with Crippen LogP contribution in [0.25, 0.3) is 0 Å². The Labute approximate surface area is 106 Å². The van der Waals surface area contributed by atoms with E-state index in [9.17, 15) is 0 Å². The average molecular weight is 244 g/mol. The second-order valence-electron chi connectivity index (χ2n) is 3.87. The van der Waals surface area contributed by atoms with Gasteiger partial charge < -0.3 is 16.4 Å². The molecule has 1 unspecified atom stereocenters. The maximum atomic E-state index is 5.63. The van der Waals surface area contributed by atoms with Gasteiger partial charge in [-0.2, -0.15) is 9.97 Å². The van der Waals surface area contributed by atoms with Crippen molar-refractivity contribution in [1.82, 2.24) is 15.0 Å². The molecule has 0 aliphatic heterocycles. The number of aromatic nitrogens is 3. The summed E-state index contributed by atoms with van der Waals surface area (Å²) in [6.45, 7) is 2.01. The number of hydrogen-bond acceptors (Lipinski definition) is 6. The van der Waals surface area contributed by atoms with Crippen molar-refractivity contribution in [3.63, 3.8) is 0 Å². The maximum Gasteiger partial charge on any atom is 0.223 e. The predicted octanol–water partition coefficient (Wildman–Crippen LogP) is 1.67. The number of pyridine rings is 1. The lowest BCUT2D eigenvalue weighted by Crippen LogP contribution is -2.11. The van der Waals surface area contributed by atoms with Gasteiger partial charge in [-0.25, -0.2) is 0 Å². The lowest BCUT2D eigenvalue weighted by Gasteiger charge is -2.14. The minimum atomic E-state index is 0.0465. The summed E-state index contributed by atoms with van der Waals surface area (Å²) in [6, 6.07) is 7.65. The molecule has 2 aromatic rings. The number of nitrogens with one attached hydrogen (secondary N) is 2.